The summed E-state index contributed by atoms with van der Waals surface area (Å²) in [6.45, 7) is 3.21. The van der Waals surface area contributed by atoms with Crippen molar-refractivity contribution < 1.29 is 13.2 Å². The van der Waals surface area contributed by atoms with E-state index < -0.39 is 15.1 Å². The number of halogens is 1. The molecule has 144 valence electrons. The molecule has 0 unspecified atom stereocenters. The molecule has 28 heavy (non-hydrogen) atoms. The lowest BCUT2D eigenvalue weighted by molar-refractivity contribution is 0.102. The van der Waals surface area contributed by atoms with Crippen LogP contribution in [0.5, 0.6) is 0 Å². The van der Waals surface area contributed by atoms with Crippen LogP contribution in [0.4, 0.5) is 5.82 Å². The molecule has 8 heteroatoms. The van der Waals surface area contributed by atoms with Crippen LogP contribution in [0, 0.1) is 0 Å². The lowest BCUT2D eigenvalue weighted by Crippen LogP contribution is -2.15. The molecular formula is C20H18ClN3O3S. The van der Waals surface area contributed by atoms with Gasteiger partial charge in [-0.3, -0.25) is 9.78 Å². The minimum atomic E-state index is -3.40. The third-order valence-electron chi connectivity index (χ3n) is 4.11. The average molecular weight is 416 g/mol. The molecule has 1 aromatic carbocycles. The first-order valence-corrected chi connectivity index (χ1v) is 10.4. The second kappa shape index (κ2) is 8.08. The van der Waals surface area contributed by atoms with Gasteiger partial charge >= 0.3 is 0 Å². The molecule has 0 saturated carbocycles. The van der Waals surface area contributed by atoms with E-state index in [9.17, 15) is 13.2 Å². The molecule has 0 atom stereocenters. The molecule has 0 radical (unpaired) electrons. The van der Waals surface area contributed by atoms with Gasteiger partial charge in [0.2, 0.25) is 0 Å². The van der Waals surface area contributed by atoms with Gasteiger partial charge < -0.3 is 5.32 Å². The summed E-state index contributed by atoms with van der Waals surface area (Å²) in [6.07, 6.45) is 2.90. The fraction of sp³-hybridized carbons (Fsp3) is 0.150. The van der Waals surface area contributed by atoms with Gasteiger partial charge in [-0.05, 0) is 50.2 Å². The van der Waals surface area contributed by atoms with Gasteiger partial charge in [0, 0.05) is 23.5 Å². The van der Waals surface area contributed by atoms with E-state index in [1.165, 1.54) is 18.3 Å². The Morgan fingerprint density at radius 2 is 1.75 bits per heavy atom. The van der Waals surface area contributed by atoms with Crippen LogP contribution in [-0.4, -0.2) is 29.5 Å². The van der Waals surface area contributed by atoms with Crippen LogP contribution in [0.1, 0.15) is 24.2 Å². The number of carbonyl (C=O) groups excluding carboxylic acids is 1. The number of nitrogens with zero attached hydrogens (tertiary/aromatic N) is 2. The van der Waals surface area contributed by atoms with Crippen LogP contribution in [0.3, 0.4) is 0 Å². The number of hydrogen-bond acceptors (Lipinski definition) is 5. The average Bonchev–Trinajstić information content (AvgIpc) is 2.69. The number of hydrogen-bond donors (Lipinski definition) is 1. The van der Waals surface area contributed by atoms with Gasteiger partial charge in [-0.15, -0.1) is 0 Å². The normalized spacial score (nSPS) is 11.4. The molecule has 0 aliphatic carbocycles. The number of sulfone groups is 1. The topological polar surface area (TPSA) is 89.0 Å². The summed E-state index contributed by atoms with van der Waals surface area (Å²) in [7, 11) is -3.40. The fourth-order valence-electron chi connectivity index (χ4n) is 2.46. The van der Waals surface area contributed by atoms with Gasteiger partial charge in [0.05, 0.1) is 20.9 Å². The number of nitrogens with one attached hydrogen (secondary N) is 1. The van der Waals surface area contributed by atoms with Crippen molar-refractivity contribution in [1.29, 1.82) is 0 Å². The molecule has 3 aromatic rings. The van der Waals surface area contributed by atoms with Gasteiger partial charge in [0.25, 0.3) is 5.91 Å². The Morgan fingerprint density at radius 3 is 2.32 bits per heavy atom. The van der Waals surface area contributed by atoms with Crippen LogP contribution in [0.25, 0.3) is 11.3 Å². The molecule has 2 aromatic heterocycles. The highest BCUT2D eigenvalue weighted by atomic mass is 35.5. The Hall–Kier alpha value is -2.77. The number of anilines is 1. The first kappa shape index (κ1) is 20.0. The van der Waals surface area contributed by atoms with E-state index in [0.29, 0.717) is 16.3 Å². The highest BCUT2D eigenvalue weighted by Gasteiger charge is 2.19. The number of aromatic nitrogens is 2. The predicted octanol–water partition coefficient (Wildman–Crippen LogP) is 4.23. The fourth-order valence-corrected chi connectivity index (χ4v) is 3.69. The van der Waals surface area contributed by atoms with Crippen LogP contribution in [0.2, 0.25) is 5.02 Å². The smallest absolute Gasteiger partial charge is 0.256 e. The summed E-state index contributed by atoms with van der Waals surface area (Å²) in [5, 5.41) is 2.64. The molecule has 1 amide bonds. The molecule has 0 saturated heterocycles. The van der Waals surface area contributed by atoms with Crippen LogP contribution in [0.15, 0.2) is 65.8 Å². The number of carbonyl (C=O) groups is 1. The maximum absolute atomic E-state index is 12.4. The Labute approximate surface area is 168 Å². The largest absolute Gasteiger partial charge is 0.307 e. The standard InChI is InChI=1S/C20H18ClN3O3S/c1-13(2)28(26,27)16-9-10-18(23-12-16)24-20(25)15-7-5-14(6-8-15)19-17(21)4-3-11-22-19/h3-13H,1-2H3,(H,23,24,25). The minimum Gasteiger partial charge on any atom is -0.307 e. The monoisotopic (exact) mass is 415 g/mol. The van der Waals surface area contributed by atoms with Crippen molar-refractivity contribution in [2.24, 2.45) is 0 Å². The molecule has 0 aliphatic heterocycles. The molecule has 2 heterocycles. The van der Waals surface area contributed by atoms with E-state index in [-0.39, 0.29) is 16.6 Å². The highest BCUT2D eigenvalue weighted by molar-refractivity contribution is 7.92. The first-order chi connectivity index (χ1) is 13.3. The number of pyridine rings is 2. The van der Waals surface area contributed by atoms with E-state index in [0.717, 1.165) is 5.56 Å². The summed E-state index contributed by atoms with van der Waals surface area (Å²) in [6, 6.07) is 13.2. The molecular weight excluding hydrogens is 398 g/mol. The van der Waals surface area contributed by atoms with Crippen molar-refractivity contribution in [1.82, 2.24) is 9.97 Å². The Morgan fingerprint density at radius 1 is 1.04 bits per heavy atom. The SMILES string of the molecule is CC(C)S(=O)(=O)c1ccc(NC(=O)c2ccc(-c3ncccc3Cl)cc2)nc1. The third kappa shape index (κ3) is 4.21. The van der Waals surface area contributed by atoms with Crippen molar-refractivity contribution in [3.05, 3.63) is 71.5 Å². The van der Waals surface area contributed by atoms with Crippen molar-refractivity contribution >= 4 is 33.2 Å². The van der Waals surface area contributed by atoms with E-state index in [1.54, 1.807) is 56.4 Å². The van der Waals surface area contributed by atoms with Crippen molar-refractivity contribution in [3.63, 3.8) is 0 Å². The summed E-state index contributed by atoms with van der Waals surface area (Å²) in [5.41, 5.74) is 1.86. The summed E-state index contributed by atoms with van der Waals surface area (Å²) in [4.78, 5) is 20.8. The predicted molar refractivity (Wildman–Crippen MR) is 109 cm³/mol. The van der Waals surface area contributed by atoms with Crippen molar-refractivity contribution in [2.45, 2.75) is 24.0 Å². The van der Waals surface area contributed by atoms with E-state index in [1.807, 2.05) is 0 Å². The van der Waals surface area contributed by atoms with Crippen LogP contribution in [-0.2, 0) is 9.84 Å². The van der Waals surface area contributed by atoms with Gasteiger partial charge in [0.1, 0.15) is 5.82 Å². The first-order valence-electron chi connectivity index (χ1n) is 8.51. The van der Waals surface area contributed by atoms with Crippen LogP contribution < -0.4 is 5.32 Å². The Bertz CT molecular complexity index is 1100. The summed E-state index contributed by atoms with van der Waals surface area (Å²) in [5.74, 6) is -0.0878. The summed E-state index contributed by atoms with van der Waals surface area (Å²) < 4.78 is 24.2. The number of amides is 1. The lowest BCUT2D eigenvalue weighted by atomic mass is 10.1. The van der Waals surface area contributed by atoms with E-state index in [2.05, 4.69) is 15.3 Å². The zero-order chi connectivity index (χ0) is 20.3. The van der Waals surface area contributed by atoms with E-state index in [4.69, 9.17) is 11.6 Å². The zero-order valence-electron chi connectivity index (χ0n) is 15.3. The number of rotatable bonds is 5. The Kier molecular flexibility index (Phi) is 5.76. The molecule has 0 fully saturated rings. The molecule has 3 rings (SSSR count). The van der Waals surface area contributed by atoms with Gasteiger partial charge in [-0.25, -0.2) is 13.4 Å². The second-order valence-electron chi connectivity index (χ2n) is 6.34. The van der Waals surface area contributed by atoms with Gasteiger partial charge in [0.15, 0.2) is 9.84 Å². The molecule has 0 spiro atoms. The molecule has 0 bridgehead atoms. The Balaban J connectivity index is 1.74. The summed E-state index contributed by atoms with van der Waals surface area (Å²) >= 11 is 6.14. The van der Waals surface area contributed by atoms with Gasteiger partial charge in [-0.1, -0.05) is 23.7 Å². The van der Waals surface area contributed by atoms with E-state index >= 15 is 0 Å². The van der Waals surface area contributed by atoms with Crippen LogP contribution >= 0.6 is 11.6 Å². The third-order valence-corrected chi connectivity index (χ3v) is 6.55. The lowest BCUT2D eigenvalue weighted by Gasteiger charge is -2.09. The maximum atomic E-state index is 12.4. The highest BCUT2D eigenvalue weighted by Crippen LogP contribution is 2.25. The number of benzene rings is 1. The molecule has 1 N–H and O–H groups in total. The minimum absolute atomic E-state index is 0.122. The molecule has 6 nitrogen and oxygen atoms in total. The van der Waals surface area contributed by atoms with Crippen molar-refractivity contribution in [2.75, 3.05) is 5.32 Å². The second-order valence-corrected chi connectivity index (χ2v) is 9.25. The molecule has 0 aliphatic rings. The van der Waals surface area contributed by atoms with Gasteiger partial charge in [-0.2, -0.15) is 0 Å². The van der Waals surface area contributed by atoms with Crippen molar-refractivity contribution in [3.8, 4) is 11.3 Å². The zero-order valence-corrected chi connectivity index (χ0v) is 16.8. The maximum Gasteiger partial charge on any atom is 0.256 e. The quantitative estimate of drug-likeness (QED) is 0.673.